The predicted octanol–water partition coefficient (Wildman–Crippen LogP) is 3.33. The molecule has 1 nitrogen and oxygen atoms in total. The van der Waals surface area contributed by atoms with Gasteiger partial charge in [0.25, 0.3) is 0 Å². The van der Waals surface area contributed by atoms with Gasteiger partial charge in [-0.3, -0.25) is 4.79 Å². The number of aryl methyl sites for hydroxylation is 1. The second-order valence-electron chi connectivity index (χ2n) is 3.64. The SMILES string of the molecule is CCC(=O)C(C)c1ccc(CC)cc1. The molecule has 1 aromatic carbocycles. The van der Waals surface area contributed by atoms with Crippen molar-refractivity contribution < 1.29 is 4.79 Å². The predicted molar refractivity (Wildman–Crippen MR) is 59.5 cm³/mol. The lowest BCUT2D eigenvalue weighted by Gasteiger charge is -2.09. The molecule has 1 heteroatoms. The van der Waals surface area contributed by atoms with Gasteiger partial charge in [0.2, 0.25) is 0 Å². The van der Waals surface area contributed by atoms with E-state index in [-0.39, 0.29) is 5.92 Å². The van der Waals surface area contributed by atoms with E-state index in [1.165, 1.54) is 5.56 Å². The van der Waals surface area contributed by atoms with Crippen molar-refractivity contribution >= 4 is 5.78 Å². The quantitative estimate of drug-likeness (QED) is 0.711. The molecule has 0 aliphatic rings. The van der Waals surface area contributed by atoms with Crippen molar-refractivity contribution in [1.82, 2.24) is 0 Å². The van der Waals surface area contributed by atoms with Crippen LogP contribution in [0.1, 0.15) is 44.2 Å². The molecule has 1 atom stereocenters. The zero-order valence-corrected chi connectivity index (χ0v) is 9.21. The zero-order chi connectivity index (χ0) is 10.6. The van der Waals surface area contributed by atoms with Crippen molar-refractivity contribution in [3.05, 3.63) is 35.4 Å². The lowest BCUT2D eigenvalue weighted by Crippen LogP contribution is -2.07. The molecule has 0 aromatic heterocycles. The molecule has 0 aliphatic carbocycles. The Hall–Kier alpha value is -1.11. The third-order valence-electron chi connectivity index (χ3n) is 2.72. The van der Waals surface area contributed by atoms with Crippen LogP contribution in [0.15, 0.2) is 24.3 Å². The number of carbonyl (C=O) groups is 1. The smallest absolute Gasteiger partial charge is 0.139 e. The summed E-state index contributed by atoms with van der Waals surface area (Å²) < 4.78 is 0. The Morgan fingerprint density at radius 1 is 1.21 bits per heavy atom. The number of Topliss-reactive ketones (excluding diaryl/α,β-unsaturated/α-hetero) is 1. The maximum Gasteiger partial charge on any atom is 0.139 e. The highest BCUT2D eigenvalue weighted by atomic mass is 16.1. The number of carbonyl (C=O) groups excluding carboxylic acids is 1. The molecule has 0 N–H and O–H groups in total. The van der Waals surface area contributed by atoms with Crippen LogP contribution in [0, 0.1) is 0 Å². The minimum atomic E-state index is 0.0471. The fourth-order valence-electron chi connectivity index (χ4n) is 1.53. The van der Waals surface area contributed by atoms with E-state index >= 15 is 0 Å². The van der Waals surface area contributed by atoms with Crippen LogP contribution in [0.5, 0.6) is 0 Å². The van der Waals surface area contributed by atoms with E-state index in [0.29, 0.717) is 12.2 Å². The molecule has 0 bridgehead atoms. The van der Waals surface area contributed by atoms with Gasteiger partial charge in [-0.05, 0) is 17.5 Å². The van der Waals surface area contributed by atoms with E-state index in [9.17, 15) is 4.79 Å². The van der Waals surface area contributed by atoms with Gasteiger partial charge in [0, 0.05) is 12.3 Å². The van der Waals surface area contributed by atoms with Crippen LogP contribution >= 0.6 is 0 Å². The molecule has 1 unspecified atom stereocenters. The van der Waals surface area contributed by atoms with Gasteiger partial charge in [-0.25, -0.2) is 0 Å². The number of hydrogen-bond donors (Lipinski definition) is 0. The molecule has 0 heterocycles. The van der Waals surface area contributed by atoms with Crippen LogP contribution in [0.2, 0.25) is 0 Å². The Bertz CT molecular complexity index is 298. The fraction of sp³-hybridized carbons (Fsp3) is 0.462. The molecular formula is C13H18O. The summed E-state index contributed by atoms with van der Waals surface area (Å²) in [6, 6.07) is 8.34. The van der Waals surface area contributed by atoms with Crippen molar-refractivity contribution in [3.8, 4) is 0 Å². The number of ketones is 1. The summed E-state index contributed by atoms with van der Waals surface area (Å²) in [6.07, 6.45) is 1.67. The van der Waals surface area contributed by atoms with E-state index in [0.717, 1.165) is 12.0 Å². The minimum Gasteiger partial charge on any atom is -0.299 e. The van der Waals surface area contributed by atoms with Gasteiger partial charge in [0.1, 0.15) is 5.78 Å². The summed E-state index contributed by atoms with van der Waals surface area (Å²) in [4.78, 5) is 11.5. The van der Waals surface area contributed by atoms with Crippen molar-refractivity contribution in [2.75, 3.05) is 0 Å². The molecule has 76 valence electrons. The first-order valence-electron chi connectivity index (χ1n) is 5.30. The lowest BCUT2D eigenvalue weighted by atomic mass is 9.94. The third kappa shape index (κ3) is 2.44. The highest BCUT2D eigenvalue weighted by molar-refractivity contribution is 5.85. The first-order valence-corrected chi connectivity index (χ1v) is 5.30. The van der Waals surface area contributed by atoms with Gasteiger partial charge in [0.15, 0.2) is 0 Å². The summed E-state index contributed by atoms with van der Waals surface area (Å²) in [5, 5.41) is 0. The van der Waals surface area contributed by atoms with Gasteiger partial charge in [-0.1, -0.05) is 45.0 Å². The molecule has 0 aliphatic heterocycles. The Balaban J connectivity index is 2.81. The maximum absolute atomic E-state index is 11.5. The molecule has 0 amide bonds. The van der Waals surface area contributed by atoms with Crippen LogP contribution < -0.4 is 0 Å². The van der Waals surface area contributed by atoms with Crippen molar-refractivity contribution in [1.29, 1.82) is 0 Å². The van der Waals surface area contributed by atoms with Gasteiger partial charge in [0.05, 0.1) is 0 Å². The number of benzene rings is 1. The number of rotatable bonds is 4. The van der Waals surface area contributed by atoms with Crippen molar-refractivity contribution in [2.24, 2.45) is 0 Å². The summed E-state index contributed by atoms with van der Waals surface area (Å²) in [6.45, 7) is 6.03. The topological polar surface area (TPSA) is 17.1 Å². The van der Waals surface area contributed by atoms with Crippen LogP contribution in [0.3, 0.4) is 0 Å². The fourth-order valence-corrected chi connectivity index (χ4v) is 1.53. The monoisotopic (exact) mass is 190 g/mol. The molecule has 1 rings (SSSR count). The Morgan fingerprint density at radius 2 is 1.79 bits per heavy atom. The molecule has 0 spiro atoms. The first-order chi connectivity index (χ1) is 6.69. The molecular weight excluding hydrogens is 172 g/mol. The zero-order valence-electron chi connectivity index (χ0n) is 9.21. The minimum absolute atomic E-state index is 0.0471. The Labute approximate surface area is 86.1 Å². The van der Waals surface area contributed by atoms with Gasteiger partial charge < -0.3 is 0 Å². The van der Waals surface area contributed by atoms with Crippen molar-refractivity contribution in [2.45, 2.75) is 39.5 Å². The molecule has 0 radical (unpaired) electrons. The van der Waals surface area contributed by atoms with Crippen LogP contribution in [0.25, 0.3) is 0 Å². The van der Waals surface area contributed by atoms with E-state index in [4.69, 9.17) is 0 Å². The number of hydrogen-bond acceptors (Lipinski definition) is 1. The molecule has 0 saturated carbocycles. The van der Waals surface area contributed by atoms with E-state index < -0.39 is 0 Å². The van der Waals surface area contributed by atoms with E-state index in [1.54, 1.807) is 0 Å². The highest BCUT2D eigenvalue weighted by Gasteiger charge is 2.12. The summed E-state index contributed by atoms with van der Waals surface area (Å²) in [5.41, 5.74) is 2.46. The average Bonchev–Trinajstić information content (AvgIpc) is 2.27. The second-order valence-corrected chi connectivity index (χ2v) is 3.64. The highest BCUT2D eigenvalue weighted by Crippen LogP contribution is 2.18. The van der Waals surface area contributed by atoms with Gasteiger partial charge in [-0.15, -0.1) is 0 Å². The lowest BCUT2D eigenvalue weighted by molar-refractivity contribution is -0.119. The maximum atomic E-state index is 11.5. The Morgan fingerprint density at radius 3 is 2.21 bits per heavy atom. The Kier molecular flexibility index (Phi) is 3.87. The standard InChI is InChI=1S/C13H18O/c1-4-11-6-8-12(9-7-11)10(3)13(14)5-2/h6-10H,4-5H2,1-3H3. The molecule has 14 heavy (non-hydrogen) atoms. The largest absolute Gasteiger partial charge is 0.299 e. The molecule has 0 fully saturated rings. The second kappa shape index (κ2) is 4.94. The van der Waals surface area contributed by atoms with Crippen LogP contribution in [-0.2, 0) is 11.2 Å². The summed E-state index contributed by atoms with van der Waals surface area (Å²) in [7, 11) is 0. The third-order valence-corrected chi connectivity index (χ3v) is 2.72. The van der Waals surface area contributed by atoms with Crippen LogP contribution in [-0.4, -0.2) is 5.78 Å². The summed E-state index contributed by atoms with van der Waals surface area (Å²) >= 11 is 0. The van der Waals surface area contributed by atoms with E-state index in [2.05, 4.69) is 31.2 Å². The van der Waals surface area contributed by atoms with Gasteiger partial charge >= 0.3 is 0 Å². The van der Waals surface area contributed by atoms with Gasteiger partial charge in [-0.2, -0.15) is 0 Å². The van der Waals surface area contributed by atoms with Crippen LogP contribution in [0.4, 0.5) is 0 Å². The average molecular weight is 190 g/mol. The van der Waals surface area contributed by atoms with Crippen molar-refractivity contribution in [3.63, 3.8) is 0 Å². The normalized spacial score (nSPS) is 12.5. The first kappa shape index (κ1) is 11.0. The molecule has 0 saturated heterocycles. The van der Waals surface area contributed by atoms with E-state index in [1.807, 2.05) is 13.8 Å². The molecule has 1 aromatic rings. The summed E-state index contributed by atoms with van der Waals surface area (Å²) in [5.74, 6) is 0.361.